The van der Waals surface area contributed by atoms with Crippen molar-refractivity contribution in [1.29, 1.82) is 0 Å². The number of hydrazone groups is 1. The third-order valence-corrected chi connectivity index (χ3v) is 4.97. The molecule has 0 aliphatic carbocycles. The van der Waals surface area contributed by atoms with Crippen LogP contribution in [0.1, 0.15) is 33.0 Å². The van der Waals surface area contributed by atoms with E-state index in [1.54, 1.807) is 6.07 Å². The van der Waals surface area contributed by atoms with Crippen molar-refractivity contribution in [1.82, 2.24) is 9.97 Å². The number of para-hydroxylation sites is 1. The number of primary amides is 1. The molecule has 0 saturated heterocycles. The molecule has 1 aliphatic rings. The Morgan fingerprint density at radius 1 is 1.17 bits per heavy atom. The number of imidazole rings is 1. The van der Waals surface area contributed by atoms with Crippen molar-refractivity contribution in [3.05, 3.63) is 54.4 Å². The molecule has 8 nitrogen and oxygen atoms in total. The largest absolute Gasteiger partial charge is 0.368 e. The monoisotopic (exact) mass is 404 g/mol. The maximum Gasteiger partial charge on any atom is 0.271 e. The summed E-state index contributed by atoms with van der Waals surface area (Å²) in [5.41, 5.74) is 8.69. The normalized spacial score (nSPS) is 16.6. The van der Waals surface area contributed by atoms with Crippen LogP contribution in [-0.4, -0.2) is 33.5 Å². The number of carbonyl (C=O) groups excluding carboxylic acids is 2. The standard InChI is InChI=1S/C22H24N6O2/c1-22(2,3)21-25-15-10-9-13(11-16(15)26-21)24-20(30)17-12-18(19(23)29)28(27-17)14-7-5-4-6-8-14/h4-11,18H,12H2,1-3H3,(H2,23,29)(H,24,30)(H,25,26)/t18-/m0/s1. The van der Waals surface area contributed by atoms with Crippen LogP contribution in [0, 0.1) is 0 Å². The number of nitrogens with one attached hydrogen (secondary N) is 2. The van der Waals surface area contributed by atoms with Gasteiger partial charge in [0, 0.05) is 17.5 Å². The molecule has 3 aromatic rings. The molecule has 4 rings (SSSR count). The SMILES string of the molecule is CC(C)(C)c1nc2ccc(NC(=O)C3=NN(c4ccccc4)[C@H](C(N)=O)C3)cc2[nH]1. The lowest BCUT2D eigenvalue weighted by molar-refractivity contribution is -0.119. The molecule has 0 bridgehead atoms. The molecular weight excluding hydrogens is 380 g/mol. The highest BCUT2D eigenvalue weighted by molar-refractivity contribution is 6.44. The average Bonchev–Trinajstić information content (AvgIpc) is 3.33. The number of fused-ring (bicyclic) bond motifs is 1. The molecule has 1 aromatic heterocycles. The number of nitrogens with two attached hydrogens (primary N) is 1. The van der Waals surface area contributed by atoms with Gasteiger partial charge in [0.05, 0.1) is 16.7 Å². The molecule has 0 spiro atoms. The summed E-state index contributed by atoms with van der Waals surface area (Å²) in [5.74, 6) is -0.0162. The number of hydrogen-bond acceptors (Lipinski definition) is 5. The van der Waals surface area contributed by atoms with Gasteiger partial charge in [-0.2, -0.15) is 5.10 Å². The van der Waals surface area contributed by atoms with Crippen molar-refractivity contribution in [3.63, 3.8) is 0 Å². The number of hydrogen-bond donors (Lipinski definition) is 3. The van der Waals surface area contributed by atoms with Crippen molar-refractivity contribution >= 4 is 39.9 Å². The van der Waals surface area contributed by atoms with Gasteiger partial charge in [0.25, 0.3) is 5.91 Å². The number of rotatable bonds is 4. The lowest BCUT2D eigenvalue weighted by atomic mass is 9.96. The van der Waals surface area contributed by atoms with Crippen LogP contribution >= 0.6 is 0 Å². The van der Waals surface area contributed by atoms with Crippen molar-refractivity contribution in [3.8, 4) is 0 Å². The molecule has 0 unspecified atom stereocenters. The maximum atomic E-state index is 12.8. The average molecular weight is 404 g/mol. The lowest BCUT2D eigenvalue weighted by Crippen LogP contribution is -2.39. The number of aromatic nitrogens is 2. The third-order valence-electron chi connectivity index (χ3n) is 4.97. The van der Waals surface area contributed by atoms with Gasteiger partial charge in [-0.1, -0.05) is 39.0 Å². The van der Waals surface area contributed by atoms with Crippen LogP contribution in [0.15, 0.2) is 53.6 Å². The molecule has 2 aromatic carbocycles. The highest BCUT2D eigenvalue weighted by Gasteiger charge is 2.35. The van der Waals surface area contributed by atoms with Crippen LogP contribution < -0.4 is 16.1 Å². The minimum absolute atomic E-state index is 0.105. The Labute approximate surface area is 174 Å². The lowest BCUT2D eigenvalue weighted by Gasteiger charge is -2.20. The van der Waals surface area contributed by atoms with E-state index in [2.05, 4.69) is 41.2 Å². The Hall–Kier alpha value is -3.68. The molecule has 1 aliphatic heterocycles. The fraction of sp³-hybridized carbons (Fsp3) is 0.273. The number of benzene rings is 2. The molecule has 0 radical (unpaired) electrons. The smallest absolute Gasteiger partial charge is 0.271 e. The van der Waals surface area contributed by atoms with Crippen LogP contribution in [0.5, 0.6) is 0 Å². The quantitative estimate of drug-likeness (QED) is 0.620. The fourth-order valence-corrected chi connectivity index (χ4v) is 3.33. The van der Waals surface area contributed by atoms with Crippen molar-refractivity contribution in [2.45, 2.75) is 38.6 Å². The topological polar surface area (TPSA) is 116 Å². The van der Waals surface area contributed by atoms with Crippen LogP contribution in [0.3, 0.4) is 0 Å². The van der Waals surface area contributed by atoms with Gasteiger partial charge in [-0.25, -0.2) is 4.98 Å². The summed E-state index contributed by atoms with van der Waals surface area (Å²) < 4.78 is 0. The van der Waals surface area contributed by atoms with Crippen LogP contribution in [0.4, 0.5) is 11.4 Å². The summed E-state index contributed by atoms with van der Waals surface area (Å²) in [6, 6.07) is 14.0. The van der Waals surface area contributed by atoms with Gasteiger partial charge in [0.1, 0.15) is 17.6 Å². The third kappa shape index (κ3) is 3.76. The van der Waals surface area contributed by atoms with Gasteiger partial charge < -0.3 is 16.0 Å². The number of H-pyrrole nitrogens is 1. The highest BCUT2D eigenvalue weighted by atomic mass is 16.2. The van der Waals surface area contributed by atoms with Crippen LogP contribution in [0.25, 0.3) is 11.0 Å². The molecule has 4 N–H and O–H groups in total. The van der Waals surface area contributed by atoms with E-state index >= 15 is 0 Å². The molecule has 8 heteroatoms. The summed E-state index contributed by atoms with van der Waals surface area (Å²) in [6.07, 6.45) is 0.149. The second-order valence-electron chi connectivity index (χ2n) is 8.37. The summed E-state index contributed by atoms with van der Waals surface area (Å²) in [6.45, 7) is 6.25. The van der Waals surface area contributed by atoms with Crippen molar-refractivity contribution in [2.24, 2.45) is 10.8 Å². The predicted molar refractivity (Wildman–Crippen MR) is 117 cm³/mol. The molecule has 2 amide bonds. The van der Waals surface area contributed by atoms with E-state index in [0.29, 0.717) is 11.4 Å². The van der Waals surface area contributed by atoms with Gasteiger partial charge in [-0.3, -0.25) is 14.6 Å². The van der Waals surface area contributed by atoms with E-state index in [0.717, 1.165) is 16.9 Å². The van der Waals surface area contributed by atoms with Crippen LogP contribution in [-0.2, 0) is 15.0 Å². The molecule has 1 atom stereocenters. The first-order valence-corrected chi connectivity index (χ1v) is 9.75. The number of carbonyl (C=O) groups is 2. The van der Waals surface area contributed by atoms with Crippen LogP contribution in [0.2, 0.25) is 0 Å². The Morgan fingerprint density at radius 3 is 2.57 bits per heavy atom. The van der Waals surface area contributed by atoms with E-state index in [1.807, 2.05) is 42.5 Å². The predicted octanol–water partition coefficient (Wildman–Crippen LogP) is 2.92. The molecule has 0 fully saturated rings. The van der Waals surface area contributed by atoms with Gasteiger partial charge in [-0.05, 0) is 30.3 Å². The van der Waals surface area contributed by atoms with Crippen molar-refractivity contribution < 1.29 is 9.59 Å². The van der Waals surface area contributed by atoms with Gasteiger partial charge >= 0.3 is 0 Å². The highest BCUT2D eigenvalue weighted by Crippen LogP contribution is 2.26. The zero-order chi connectivity index (χ0) is 21.5. The zero-order valence-electron chi connectivity index (χ0n) is 17.1. The van der Waals surface area contributed by atoms with E-state index in [9.17, 15) is 9.59 Å². The van der Waals surface area contributed by atoms with Gasteiger partial charge in [-0.15, -0.1) is 0 Å². The first kappa shape index (κ1) is 19.6. The Kier molecular flexibility index (Phi) is 4.77. The summed E-state index contributed by atoms with van der Waals surface area (Å²) in [5, 5.41) is 8.74. The number of aromatic amines is 1. The Balaban J connectivity index is 1.56. The summed E-state index contributed by atoms with van der Waals surface area (Å²) in [7, 11) is 0. The molecule has 0 saturated carbocycles. The van der Waals surface area contributed by atoms with Crippen molar-refractivity contribution in [2.75, 3.05) is 10.3 Å². The first-order chi connectivity index (χ1) is 14.2. The number of anilines is 2. The fourth-order valence-electron chi connectivity index (χ4n) is 3.33. The van der Waals surface area contributed by atoms with Gasteiger partial charge in [0.2, 0.25) is 5.91 Å². The second-order valence-corrected chi connectivity index (χ2v) is 8.37. The molecule has 154 valence electrons. The number of nitrogens with zero attached hydrogens (tertiary/aromatic N) is 3. The van der Waals surface area contributed by atoms with E-state index in [4.69, 9.17) is 5.73 Å². The molecule has 30 heavy (non-hydrogen) atoms. The Bertz CT molecular complexity index is 1140. The Morgan fingerprint density at radius 2 is 1.90 bits per heavy atom. The molecule has 2 heterocycles. The van der Waals surface area contributed by atoms with Gasteiger partial charge in [0.15, 0.2) is 0 Å². The van der Waals surface area contributed by atoms with E-state index in [-0.39, 0.29) is 23.5 Å². The minimum atomic E-state index is -0.697. The maximum absolute atomic E-state index is 12.8. The van der Waals surface area contributed by atoms with E-state index in [1.165, 1.54) is 5.01 Å². The minimum Gasteiger partial charge on any atom is -0.368 e. The number of amides is 2. The second kappa shape index (κ2) is 7.29. The first-order valence-electron chi connectivity index (χ1n) is 9.75. The molecular formula is C22H24N6O2. The van der Waals surface area contributed by atoms with E-state index < -0.39 is 11.9 Å². The summed E-state index contributed by atoms with van der Waals surface area (Å²) in [4.78, 5) is 32.6. The zero-order valence-corrected chi connectivity index (χ0v) is 17.1. The summed E-state index contributed by atoms with van der Waals surface area (Å²) >= 11 is 0.